The van der Waals surface area contributed by atoms with Crippen LogP contribution in [0.15, 0.2) is 89.5 Å². The molecule has 1 N–H and O–H groups in total. The number of aryl methyl sites for hydroxylation is 1. The Morgan fingerprint density at radius 1 is 1.09 bits per heavy atom. The van der Waals surface area contributed by atoms with Gasteiger partial charge in [-0.15, -0.1) is 0 Å². The van der Waals surface area contributed by atoms with Gasteiger partial charge in [-0.05, 0) is 72.7 Å². The molecular weight excluding hydrogens is 458 g/mol. The lowest BCUT2D eigenvalue weighted by Gasteiger charge is -2.26. The van der Waals surface area contributed by atoms with E-state index in [2.05, 4.69) is 46.4 Å². The van der Waals surface area contributed by atoms with Gasteiger partial charge in [0.05, 0.1) is 24.4 Å². The van der Waals surface area contributed by atoms with E-state index in [-0.39, 0.29) is 18.1 Å². The van der Waals surface area contributed by atoms with Gasteiger partial charge in [0, 0.05) is 17.4 Å². The van der Waals surface area contributed by atoms with Gasteiger partial charge >= 0.3 is 5.97 Å². The first-order valence-corrected chi connectivity index (χ1v) is 11.9. The number of hydrogen-bond acceptors (Lipinski definition) is 5. The van der Waals surface area contributed by atoms with Gasteiger partial charge in [0.15, 0.2) is 5.11 Å². The van der Waals surface area contributed by atoms with E-state index in [1.54, 1.807) is 18.3 Å². The molecule has 0 amide bonds. The van der Waals surface area contributed by atoms with Crippen molar-refractivity contribution in [2.24, 2.45) is 0 Å². The maximum Gasteiger partial charge on any atom is 0.337 e. The normalized spacial score (nSPS) is 17.3. The van der Waals surface area contributed by atoms with Crippen molar-refractivity contribution < 1.29 is 13.9 Å². The molecule has 0 radical (unpaired) electrons. The number of nitrogens with one attached hydrogen (secondary N) is 1. The molecule has 0 aliphatic carbocycles. The van der Waals surface area contributed by atoms with Crippen LogP contribution in [0.4, 0.5) is 5.69 Å². The maximum atomic E-state index is 12.0. The molecule has 1 aliphatic rings. The number of hydrogen-bond donors (Lipinski definition) is 1. The summed E-state index contributed by atoms with van der Waals surface area (Å²) in [7, 11) is 1.37. The molecule has 2 atom stereocenters. The summed E-state index contributed by atoms with van der Waals surface area (Å²) in [4.78, 5) is 18.7. The Morgan fingerprint density at radius 3 is 2.63 bits per heavy atom. The van der Waals surface area contributed by atoms with Crippen molar-refractivity contribution in [1.29, 1.82) is 0 Å². The van der Waals surface area contributed by atoms with Crippen molar-refractivity contribution in [1.82, 2.24) is 10.3 Å². The van der Waals surface area contributed by atoms with Crippen LogP contribution in [0.1, 0.15) is 46.4 Å². The molecule has 4 aromatic rings. The molecule has 5 rings (SSSR count). The molecule has 2 aromatic heterocycles. The molecule has 1 aliphatic heterocycles. The van der Waals surface area contributed by atoms with Gasteiger partial charge in [-0.3, -0.25) is 4.98 Å². The molecule has 3 heterocycles. The van der Waals surface area contributed by atoms with Gasteiger partial charge in [0.25, 0.3) is 0 Å². The minimum Gasteiger partial charge on any atom is -0.465 e. The second kappa shape index (κ2) is 9.72. The number of furan rings is 1. The summed E-state index contributed by atoms with van der Waals surface area (Å²) in [5.41, 5.74) is 4.37. The Labute approximate surface area is 209 Å². The van der Waals surface area contributed by atoms with E-state index in [0.717, 1.165) is 29.1 Å². The molecule has 0 bridgehead atoms. The fraction of sp³-hybridized carbons (Fsp3) is 0.179. The Balaban J connectivity index is 1.56. The highest BCUT2D eigenvalue weighted by atomic mass is 32.1. The SMILES string of the molecule is CCc1ccc(N2C(=S)N[C@@H](c3ccccn3)[C@H]2c2ccc(-c3cccc(C(=O)OC)c3)o2)cc1. The van der Waals surface area contributed by atoms with Gasteiger partial charge in [0.1, 0.15) is 17.6 Å². The number of rotatable bonds is 6. The van der Waals surface area contributed by atoms with Gasteiger partial charge in [0.2, 0.25) is 0 Å². The first-order chi connectivity index (χ1) is 17.1. The van der Waals surface area contributed by atoms with Crippen LogP contribution in [0.3, 0.4) is 0 Å². The number of pyridine rings is 1. The lowest BCUT2D eigenvalue weighted by Crippen LogP contribution is -2.29. The Kier molecular flexibility index (Phi) is 6.33. The molecule has 0 spiro atoms. The minimum absolute atomic E-state index is 0.199. The monoisotopic (exact) mass is 483 g/mol. The third-order valence-corrected chi connectivity index (χ3v) is 6.52. The van der Waals surface area contributed by atoms with E-state index in [0.29, 0.717) is 16.4 Å². The van der Waals surface area contributed by atoms with Gasteiger partial charge < -0.3 is 19.4 Å². The fourth-order valence-electron chi connectivity index (χ4n) is 4.40. The smallest absolute Gasteiger partial charge is 0.337 e. The zero-order valence-electron chi connectivity index (χ0n) is 19.5. The maximum absolute atomic E-state index is 12.0. The molecular formula is C28H25N3O3S. The predicted octanol–water partition coefficient (Wildman–Crippen LogP) is 5.87. The van der Waals surface area contributed by atoms with Crippen molar-refractivity contribution in [2.75, 3.05) is 12.0 Å². The molecule has 1 saturated heterocycles. The first-order valence-electron chi connectivity index (χ1n) is 11.5. The molecule has 1 fully saturated rings. The van der Waals surface area contributed by atoms with Crippen molar-refractivity contribution in [3.63, 3.8) is 0 Å². The van der Waals surface area contributed by atoms with Crippen molar-refractivity contribution in [2.45, 2.75) is 25.4 Å². The second-order valence-electron chi connectivity index (χ2n) is 8.29. The number of nitrogens with zero attached hydrogens (tertiary/aromatic N) is 2. The molecule has 176 valence electrons. The fourth-order valence-corrected chi connectivity index (χ4v) is 4.74. The molecule has 7 heteroatoms. The van der Waals surface area contributed by atoms with Crippen LogP contribution < -0.4 is 10.2 Å². The van der Waals surface area contributed by atoms with Crippen LogP contribution in [-0.2, 0) is 11.2 Å². The molecule has 6 nitrogen and oxygen atoms in total. The molecule has 0 saturated carbocycles. The highest BCUT2D eigenvalue weighted by Gasteiger charge is 2.42. The number of esters is 1. The number of carbonyl (C=O) groups is 1. The van der Waals surface area contributed by atoms with E-state index in [9.17, 15) is 4.79 Å². The number of carbonyl (C=O) groups excluding carboxylic acids is 1. The Hall–Kier alpha value is -3.97. The van der Waals surface area contributed by atoms with Crippen LogP contribution in [0, 0.1) is 0 Å². The summed E-state index contributed by atoms with van der Waals surface area (Å²) in [6.45, 7) is 2.14. The zero-order valence-corrected chi connectivity index (χ0v) is 20.3. The molecule has 2 aromatic carbocycles. The van der Waals surface area contributed by atoms with E-state index in [1.807, 2.05) is 42.5 Å². The quantitative estimate of drug-likeness (QED) is 0.272. The van der Waals surface area contributed by atoms with Crippen LogP contribution >= 0.6 is 12.2 Å². The Morgan fingerprint density at radius 2 is 1.91 bits per heavy atom. The highest BCUT2D eigenvalue weighted by Crippen LogP contribution is 2.43. The first kappa shape index (κ1) is 22.8. The average Bonchev–Trinajstić information content (AvgIpc) is 3.53. The van der Waals surface area contributed by atoms with Crippen molar-refractivity contribution in [3.05, 3.63) is 108 Å². The lowest BCUT2D eigenvalue weighted by atomic mass is 10.0. The van der Waals surface area contributed by atoms with Crippen LogP contribution in [0.5, 0.6) is 0 Å². The standard InChI is InChI=1S/C28H25N3O3S/c1-3-18-10-12-21(13-11-18)31-26(25(30-28(31)35)22-9-4-5-16-29-22)24-15-14-23(34-24)19-7-6-8-20(17-19)27(32)33-2/h4-17,25-26H,3H2,1-2H3,(H,30,35)/t25-,26+/m0/s1. The number of benzene rings is 2. The summed E-state index contributed by atoms with van der Waals surface area (Å²) < 4.78 is 11.3. The van der Waals surface area contributed by atoms with E-state index >= 15 is 0 Å². The van der Waals surface area contributed by atoms with Crippen LogP contribution in [0.2, 0.25) is 0 Å². The second-order valence-corrected chi connectivity index (χ2v) is 8.68. The minimum atomic E-state index is -0.388. The van der Waals surface area contributed by atoms with Gasteiger partial charge in [-0.2, -0.15) is 0 Å². The summed E-state index contributed by atoms with van der Waals surface area (Å²) in [5, 5.41) is 4.06. The number of anilines is 1. The number of methoxy groups -OCH3 is 1. The lowest BCUT2D eigenvalue weighted by molar-refractivity contribution is 0.0601. The van der Waals surface area contributed by atoms with E-state index in [1.165, 1.54) is 12.7 Å². The van der Waals surface area contributed by atoms with Crippen molar-refractivity contribution >= 4 is 29.0 Å². The van der Waals surface area contributed by atoms with Gasteiger partial charge in [-0.1, -0.05) is 37.3 Å². The van der Waals surface area contributed by atoms with Gasteiger partial charge in [-0.25, -0.2) is 4.79 Å². The summed E-state index contributed by atoms with van der Waals surface area (Å²) in [5.74, 6) is 1.01. The topological polar surface area (TPSA) is 67.6 Å². The molecule has 0 unspecified atom stereocenters. The third-order valence-electron chi connectivity index (χ3n) is 6.21. The van der Waals surface area contributed by atoms with Crippen LogP contribution in [-0.4, -0.2) is 23.2 Å². The average molecular weight is 484 g/mol. The highest BCUT2D eigenvalue weighted by molar-refractivity contribution is 7.80. The largest absolute Gasteiger partial charge is 0.465 e. The predicted molar refractivity (Wildman–Crippen MR) is 139 cm³/mol. The third kappa shape index (κ3) is 4.42. The number of aromatic nitrogens is 1. The Bertz CT molecular complexity index is 1350. The summed E-state index contributed by atoms with van der Waals surface area (Å²) >= 11 is 5.79. The zero-order chi connectivity index (χ0) is 24.4. The summed E-state index contributed by atoms with van der Waals surface area (Å²) in [6.07, 6.45) is 2.75. The number of ether oxygens (including phenoxy) is 1. The summed E-state index contributed by atoms with van der Waals surface area (Å²) in [6, 6.07) is 24.9. The molecule has 35 heavy (non-hydrogen) atoms. The van der Waals surface area contributed by atoms with E-state index in [4.69, 9.17) is 21.4 Å². The number of thiocarbonyl (C=S) groups is 1. The van der Waals surface area contributed by atoms with Crippen LogP contribution in [0.25, 0.3) is 11.3 Å². The van der Waals surface area contributed by atoms with E-state index < -0.39 is 0 Å². The van der Waals surface area contributed by atoms with Crippen molar-refractivity contribution in [3.8, 4) is 11.3 Å².